The van der Waals surface area contributed by atoms with Gasteiger partial charge in [-0.25, -0.2) is 0 Å². The van der Waals surface area contributed by atoms with Crippen LogP contribution in [0.5, 0.6) is 0 Å². The lowest BCUT2D eigenvalue weighted by atomic mass is 9.81. The molecule has 2 heteroatoms. The molecule has 9 rings (SSSR count). The molecule has 8 aromatic carbocycles. The summed E-state index contributed by atoms with van der Waals surface area (Å²) in [7, 11) is 0. The van der Waals surface area contributed by atoms with E-state index in [1.54, 1.807) is 0 Å². The number of allylic oxidation sites excluding steroid dienone is 4. The maximum Gasteiger partial charge on any atom is 0.0540 e. The molecule has 0 spiro atoms. The monoisotopic (exact) mass is 758 g/mol. The van der Waals surface area contributed by atoms with Gasteiger partial charge in [-0.15, -0.1) is 0 Å². The van der Waals surface area contributed by atoms with E-state index in [1.807, 2.05) is 12.2 Å². The molecule has 0 saturated heterocycles. The summed E-state index contributed by atoms with van der Waals surface area (Å²) in [6.07, 6.45) is 3.96. The molecule has 2 nitrogen and oxygen atoms in total. The maximum atomic E-state index is 4.17. The number of anilines is 6. The lowest BCUT2D eigenvalue weighted by Crippen LogP contribution is -2.17. The van der Waals surface area contributed by atoms with Gasteiger partial charge in [-0.3, -0.25) is 0 Å². The summed E-state index contributed by atoms with van der Waals surface area (Å²) in [4.78, 5) is 4.69. The van der Waals surface area contributed by atoms with E-state index in [1.165, 1.54) is 39.0 Å². The minimum atomic E-state index is -0.194. The Labute approximate surface area is 349 Å². The second-order valence-electron chi connectivity index (χ2n) is 15.5. The zero-order valence-electron chi connectivity index (χ0n) is 33.6. The largest absolute Gasteiger partial charge is 0.311 e. The number of benzene rings is 8. The number of para-hydroxylation sites is 3. The fourth-order valence-electron chi connectivity index (χ4n) is 8.66. The lowest BCUT2D eigenvalue weighted by molar-refractivity contribution is 0.654. The van der Waals surface area contributed by atoms with Crippen LogP contribution in [0.1, 0.15) is 25.0 Å². The number of hydrogen-bond donors (Lipinski definition) is 0. The van der Waals surface area contributed by atoms with Crippen LogP contribution in [0.25, 0.3) is 39.0 Å². The lowest BCUT2D eigenvalue weighted by Gasteiger charge is -2.30. The average Bonchev–Trinajstić information content (AvgIpc) is 3.52. The first kappa shape index (κ1) is 37.2. The highest BCUT2D eigenvalue weighted by Gasteiger charge is 2.36. The van der Waals surface area contributed by atoms with Gasteiger partial charge in [-0.1, -0.05) is 179 Å². The molecule has 0 radical (unpaired) electrons. The van der Waals surface area contributed by atoms with Crippen molar-refractivity contribution in [2.45, 2.75) is 19.3 Å². The molecule has 0 saturated carbocycles. The third-order valence-corrected chi connectivity index (χ3v) is 11.7. The molecule has 8 aromatic rings. The SMILES string of the molecule is C=CC1=C(C=C)C(C)(C)c2cc(N(c3ccccc3)c3ccccc3-c3ccc(-c4ccc(N(c5ccccc5)c5ccc(-c6ccccc6)cc5)cc4)cc3)ccc21. The molecule has 1 aliphatic rings. The Hall–Kier alpha value is -7.42. The predicted octanol–water partition coefficient (Wildman–Crippen LogP) is 16.0. The van der Waals surface area contributed by atoms with Gasteiger partial charge >= 0.3 is 0 Å². The number of hydrogen-bond acceptors (Lipinski definition) is 2. The summed E-state index contributed by atoms with van der Waals surface area (Å²) in [6.45, 7) is 12.9. The quantitative estimate of drug-likeness (QED) is 0.130. The molecule has 0 amide bonds. The fourth-order valence-corrected chi connectivity index (χ4v) is 8.66. The van der Waals surface area contributed by atoms with Crippen molar-refractivity contribution < 1.29 is 0 Å². The Kier molecular flexibility index (Phi) is 9.98. The molecule has 0 heterocycles. The summed E-state index contributed by atoms with van der Waals surface area (Å²) in [5, 5.41) is 0. The minimum absolute atomic E-state index is 0.194. The molecule has 59 heavy (non-hydrogen) atoms. The minimum Gasteiger partial charge on any atom is -0.311 e. The van der Waals surface area contributed by atoms with Gasteiger partial charge in [0, 0.05) is 39.4 Å². The summed E-state index contributed by atoms with van der Waals surface area (Å²) in [6, 6.07) is 74.0. The third-order valence-electron chi connectivity index (χ3n) is 11.7. The van der Waals surface area contributed by atoms with E-state index in [0.29, 0.717) is 0 Å². The van der Waals surface area contributed by atoms with Crippen LogP contribution in [0, 0.1) is 0 Å². The second kappa shape index (κ2) is 15.8. The van der Waals surface area contributed by atoms with Crippen molar-refractivity contribution in [3.63, 3.8) is 0 Å². The van der Waals surface area contributed by atoms with Crippen LogP contribution in [0.3, 0.4) is 0 Å². The summed E-state index contributed by atoms with van der Waals surface area (Å²) in [5.74, 6) is 0. The summed E-state index contributed by atoms with van der Waals surface area (Å²) < 4.78 is 0. The number of fused-ring (bicyclic) bond motifs is 1. The first-order chi connectivity index (χ1) is 28.9. The highest BCUT2D eigenvalue weighted by molar-refractivity contribution is 5.92. The Morgan fingerprint density at radius 3 is 1.34 bits per heavy atom. The third kappa shape index (κ3) is 7.00. The van der Waals surface area contributed by atoms with E-state index in [-0.39, 0.29) is 5.41 Å². The summed E-state index contributed by atoms with van der Waals surface area (Å²) >= 11 is 0. The van der Waals surface area contributed by atoms with Gasteiger partial charge in [0.25, 0.3) is 0 Å². The van der Waals surface area contributed by atoms with Gasteiger partial charge in [-0.2, -0.15) is 0 Å². The van der Waals surface area contributed by atoms with Crippen molar-refractivity contribution in [1.82, 2.24) is 0 Å². The second-order valence-corrected chi connectivity index (χ2v) is 15.5. The van der Waals surface area contributed by atoms with E-state index >= 15 is 0 Å². The molecular formula is C57H46N2. The molecule has 0 atom stereocenters. The van der Waals surface area contributed by atoms with Crippen molar-refractivity contribution in [2.75, 3.05) is 9.80 Å². The molecular weight excluding hydrogens is 713 g/mol. The molecule has 0 aliphatic heterocycles. The molecule has 0 aromatic heterocycles. The highest BCUT2D eigenvalue weighted by Crippen LogP contribution is 2.50. The first-order valence-corrected chi connectivity index (χ1v) is 20.2. The smallest absolute Gasteiger partial charge is 0.0540 e. The van der Waals surface area contributed by atoms with Gasteiger partial charge in [0.1, 0.15) is 0 Å². The summed E-state index contributed by atoms with van der Waals surface area (Å²) in [5.41, 5.74) is 18.4. The van der Waals surface area contributed by atoms with Crippen LogP contribution < -0.4 is 9.80 Å². The normalized spacial score (nSPS) is 12.8. The van der Waals surface area contributed by atoms with E-state index in [2.05, 4.69) is 243 Å². The van der Waals surface area contributed by atoms with E-state index < -0.39 is 0 Å². The van der Waals surface area contributed by atoms with E-state index in [9.17, 15) is 0 Å². The Morgan fingerprint density at radius 1 is 0.373 bits per heavy atom. The number of nitrogens with zero attached hydrogens (tertiary/aromatic N) is 2. The van der Waals surface area contributed by atoms with Crippen molar-refractivity contribution in [3.05, 3.63) is 248 Å². The topological polar surface area (TPSA) is 6.48 Å². The maximum absolute atomic E-state index is 4.17. The average molecular weight is 759 g/mol. The van der Waals surface area contributed by atoms with Crippen LogP contribution in [0.2, 0.25) is 0 Å². The van der Waals surface area contributed by atoms with Gasteiger partial charge in [0.15, 0.2) is 0 Å². The first-order valence-electron chi connectivity index (χ1n) is 20.2. The highest BCUT2D eigenvalue weighted by atomic mass is 15.1. The van der Waals surface area contributed by atoms with Gasteiger partial charge in [0.2, 0.25) is 0 Å². The van der Waals surface area contributed by atoms with Crippen LogP contribution in [-0.2, 0) is 5.41 Å². The van der Waals surface area contributed by atoms with E-state index in [4.69, 9.17) is 0 Å². The molecule has 0 fully saturated rings. The van der Waals surface area contributed by atoms with Crippen molar-refractivity contribution in [3.8, 4) is 33.4 Å². The zero-order valence-corrected chi connectivity index (χ0v) is 33.6. The number of rotatable bonds is 11. The van der Waals surface area contributed by atoms with Crippen LogP contribution in [-0.4, -0.2) is 0 Å². The van der Waals surface area contributed by atoms with Gasteiger partial charge in [0.05, 0.1) is 5.69 Å². The molecule has 284 valence electrons. The zero-order chi connectivity index (χ0) is 40.3. The standard InChI is InChI=1S/C57H46N2/c1-5-51-53-39-38-50(40-55(53)57(3,4)54(51)6-2)59(47-22-14-9-15-23-47)56-25-17-16-24-52(56)45-28-26-42(27-29-45)44-32-36-49(37-33-44)58(46-20-12-8-13-21-46)48-34-30-43(31-35-48)41-18-10-7-11-19-41/h5-40H,1-2H2,3-4H3. The predicted molar refractivity (Wildman–Crippen MR) is 252 cm³/mol. The van der Waals surface area contributed by atoms with Crippen LogP contribution in [0.15, 0.2) is 237 Å². The Bertz CT molecular complexity index is 2780. The molecule has 1 aliphatic carbocycles. The fraction of sp³-hybridized carbons (Fsp3) is 0.0526. The van der Waals surface area contributed by atoms with Crippen molar-refractivity contribution in [2.24, 2.45) is 0 Å². The van der Waals surface area contributed by atoms with Crippen molar-refractivity contribution >= 4 is 39.7 Å². The molecule has 0 unspecified atom stereocenters. The Balaban J connectivity index is 1.03. The van der Waals surface area contributed by atoms with Gasteiger partial charge < -0.3 is 9.80 Å². The Morgan fingerprint density at radius 2 is 0.797 bits per heavy atom. The van der Waals surface area contributed by atoms with Crippen LogP contribution >= 0.6 is 0 Å². The molecule has 0 bridgehead atoms. The molecule has 0 N–H and O–H groups in total. The van der Waals surface area contributed by atoms with Crippen LogP contribution in [0.4, 0.5) is 34.1 Å². The van der Waals surface area contributed by atoms with Gasteiger partial charge in [-0.05, 0) is 117 Å². The van der Waals surface area contributed by atoms with Crippen molar-refractivity contribution in [1.29, 1.82) is 0 Å². The van der Waals surface area contributed by atoms with E-state index in [0.717, 1.165) is 50.8 Å².